The molecule has 1 aromatic carbocycles. The van der Waals surface area contributed by atoms with Crippen LogP contribution in [0.4, 0.5) is 5.69 Å². The fraction of sp³-hybridized carbons (Fsp3) is 0.600. The molecule has 9 heteroatoms. The van der Waals surface area contributed by atoms with E-state index in [0.717, 1.165) is 38.9 Å². The number of morpholine rings is 1. The van der Waals surface area contributed by atoms with Gasteiger partial charge in [-0.1, -0.05) is 0 Å². The van der Waals surface area contributed by atoms with Gasteiger partial charge in [-0.3, -0.25) is 9.59 Å². The smallest absolute Gasteiger partial charge is 0.256 e. The molecule has 0 saturated carbocycles. The highest BCUT2D eigenvalue weighted by Crippen LogP contribution is 2.34. The number of likely N-dealkylation sites (tertiary alicyclic amines) is 1. The highest BCUT2D eigenvalue weighted by atomic mass is 35.5. The summed E-state index contributed by atoms with van der Waals surface area (Å²) in [7, 11) is 3.05. The number of ether oxygens (including phenoxy) is 3. The fourth-order valence-corrected chi connectivity index (χ4v) is 3.60. The van der Waals surface area contributed by atoms with Crippen molar-refractivity contribution in [3.8, 4) is 11.5 Å². The summed E-state index contributed by atoms with van der Waals surface area (Å²) in [6.07, 6.45) is 3.39. The van der Waals surface area contributed by atoms with Gasteiger partial charge in [0.2, 0.25) is 5.91 Å². The van der Waals surface area contributed by atoms with Gasteiger partial charge in [0.25, 0.3) is 5.91 Å². The second-order valence-electron chi connectivity index (χ2n) is 7.08. The van der Waals surface area contributed by atoms with Crippen LogP contribution < -0.4 is 20.1 Å². The second kappa shape index (κ2) is 11.2. The summed E-state index contributed by atoms with van der Waals surface area (Å²) in [6.45, 7) is 3.34. The van der Waals surface area contributed by atoms with E-state index in [1.807, 2.05) is 4.90 Å². The predicted molar refractivity (Wildman–Crippen MR) is 112 cm³/mol. The summed E-state index contributed by atoms with van der Waals surface area (Å²) in [4.78, 5) is 27.5. The molecule has 0 radical (unpaired) electrons. The van der Waals surface area contributed by atoms with Gasteiger partial charge in [0, 0.05) is 38.2 Å². The Labute approximate surface area is 177 Å². The van der Waals surface area contributed by atoms with Gasteiger partial charge in [-0.15, -0.1) is 12.4 Å². The van der Waals surface area contributed by atoms with E-state index in [-0.39, 0.29) is 36.7 Å². The second-order valence-corrected chi connectivity index (χ2v) is 7.08. The number of methoxy groups -OCH3 is 2. The molecule has 2 aliphatic heterocycles. The van der Waals surface area contributed by atoms with Crippen molar-refractivity contribution in [3.63, 3.8) is 0 Å². The number of benzene rings is 1. The van der Waals surface area contributed by atoms with E-state index >= 15 is 0 Å². The molecule has 2 amide bonds. The van der Waals surface area contributed by atoms with Crippen LogP contribution in [0.3, 0.4) is 0 Å². The van der Waals surface area contributed by atoms with Crippen molar-refractivity contribution in [2.75, 3.05) is 52.4 Å². The summed E-state index contributed by atoms with van der Waals surface area (Å²) >= 11 is 0. The van der Waals surface area contributed by atoms with Crippen LogP contribution in [0.2, 0.25) is 0 Å². The molecule has 2 heterocycles. The van der Waals surface area contributed by atoms with Gasteiger partial charge in [0.1, 0.15) is 0 Å². The van der Waals surface area contributed by atoms with Crippen LogP contribution in [0.5, 0.6) is 11.5 Å². The number of nitrogens with zero attached hydrogens (tertiary/aromatic N) is 1. The number of halogens is 1. The van der Waals surface area contributed by atoms with Crippen LogP contribution in [-0.4, -0.2) is 69.8 Å². The molecule has 2 N–H and O–H groups in total. The lowest BCUT2D eigenvalue weighted by molar-refractivity contribution is -0.117. The Morgan fingerprint density at radius 1 is 1.17 bits per heavy atom. The summed E-state index contributed by atoms with van der Waals surface area (Å²) < 4.78 is 16.1. The predicted octanol–water partition coefficient (Wildman–Crippen LogP) is 2.07. The first kappa shape index (κ1) is 23.3. The van der Waals surface area contributed by atoms with Crippen molar-refractivity contribution in [2.45, 2.75) is 31.7 Å². The first-order valence-electron chi connectivity index (χ1n) is 9.78. The zero-order valence-electron chi connectivity index (χ0n) is 17.0. The largest absolute Gasteiger partial charge is 0.493 e. The molecular weight excluding hydrogens is 398 g/mol. The SMILES string of the molecule is COc1cc(NC(=O)CC2COCCN2)c(C(=O)N2CCCCC2)cc1OC.Cl. The highest BCUT2D eigenvalue weighted by Gasteiger charge is 2.25. The summed E-state index contributed by atoms with van der Waals surface area (Å²) in [5.41, 5.74) is 0.857. The molecule has 8 nitrogen and oxygen atoms in total. The topological polar surface area (TPSA) is 89.1 Å². The minimum atomic E-state index is -0.178. The van der Waals surface area contributed by atoms with Gasteiger partial charge in [-0.2, -0.15) is 0 Å². The van der Waals surface area contributed by atoms with Crippen molar-refractivity contribution in [1.29, 1.82) is 0 Å². The molecule has 1 atom stereocenters. The minimum absolute atomic E-state index is 0. The standard InChI is InChI=1S/C20H29N3O5.ClH/c1-26-17-11-15(20(25)23-7-4-3-5-8-23)16(12-18(17)27-2)22-19(24)10-14-13-28-9-6-21-14;/h11-12,14,21H,3-10,13H2,1-2H3,(H,22,24);1H. The normalized spacial score (nSPS) is 19.1. The summed E-state index contributed by atoms with van der Waals surface area (Å²) in [5, 5.41) is 6.15. The lowest BCUT2D eigenvalue weighted by atomic mass is 10.1. The van der Waals surface area contributed by atoms with Gasteiger partial charge in [-0.05, 0) is 25.3 Å². The molecule has 2 fully saturated rings. The number of hydrogen-bond acceptors (Lipinski definition) is 6. The molecular formula is C20H30ClN3O5. The molecule has 0 aliphatic carbocycles. The third-order valence-corrected chi connectivity index (χ3v) is 5.10. The number of amides is 2. The number of nitrogens with one attached hydrogen (secondary N) is 2. The van der Waals surface area contributed by atoms with Crippen LogP contribution in [0.25, 0.3) is 0 Å². The van der Waals surface area contributed by atoms with Crippen molar-refractivity contribution in [3.05, 3.63) is 17.7 Å². The molecule has 3 rings (SSSR count). The Kier molecular flexibility index (Phi) is 9.00. The lowest BCUT2D eigenvalue weighted by Gasteiger charge is -2.28. The fourth-order valence-electron chi connectivity index (χ4n) is 3.60. The van der Waals surface area contributed by atoms with Crippen LogP contribution >= 0.6 is 12.4 Å². The number of anilines is 1. The summed E-state index contributed by atoms with van der Waals surface area (Å²) in [5.74, 6) is 0.647. The third-order valence-electron chi connectivity index (χ3n) is 5.10. The van der Waals surface area contributed by atoms with Gasteiger partial charge < -0.3 is 29.7 Å². The average molecular weight is 428 g/mol. The number of rotatable bonds is 6. The van der Waals surface area contributed by atoms with E-state index in [4.69, 9.17) is 14.2 Å². The molecule has 0 aromatic heterocycles. The molecule has 162 valence electrons. The highest BCUT2D eigenvalue weighted by molar-refractivity contribution is 6.04. The Bertz CT molecular complexity index is 704. The third kappa shape index (κ3) is 5.98. The molecule has 0 spiro atoms. The quantitative estimate of drug-likeness (QED) is 0.722. The number of hydrogen-bond donors (Lipinski definition) is 2. The van der Waals surface area contributed by atoms with Gasteiger partial charge >= 0.3 is 0 Å². The maximum Gasteiger partial charge on any atom is 0.256 e. The van der Waals surface area contributed by atoms with E-state index in [9.17, 15) is 9.59 Å². The van der Waals surface area contributed by atoms with Crippen molar-refractivity contribution < 1.29 is 23.8 Å². The van der Waals surface area contributed by atoms with E-state index in [1.165, 1.54) is 14.2 Å². The maximum atomic E-state index is 13.1. The zero-order valence-corrected chi connectivity index (χ0v) is 17.8. The van der Waals surface area contributed by atoms with Crippen LogP contribution in [-0.2, 0) is 9.53 Å². The van der Waals surface area contributed by atoms with Crippen molar-refractivity contribution in [1.82, 2.24) is 10.2 Å². The van der Waals surface area contributed by atoms with E-state index in [2.05, 4.69) is 10.6 Å². The zero-order chi connectivity index (χ0) is 19.9. The molecule has 1 aromatic rings. The molecule has 29 heavy (non-hydrogen) atoms. The first-order chi connectivity index (χ1) is 13.6. The lowest BCUT2D eigenvalue weighted by Crippen LogP contribution is -2.43. The average Bonchev–Trinajstić information content (AvgIpc) is 2.74. The Hall–Kier alpha value is -2.03. The maximum absolute atomic E-state index is 13.1. The minimum Gasteiger partial charge on any atom is -0.493 e. The van der Waals surface area contributed by atoms with Gasteiger partial charge in [0.05, 0.1) is 38.7 Å². The monoisotopic (exact) mass is 427 g/mol. The van der Waals surface area contributed by atoms with Crippen molar-refractivity contribution >= 4 is 29.9 Å². The van der Waals surface area contributed by atoms with E-state index in [1.54, 1.807) is 12.1 Å². The van der Waals surface area contributed by atoms with Crippen LogP contribution in [0.15, 0.2) is 12.1 Å². The molecule has 2 saturated heterocycles. The van der Waals surface area contributed by atoms with Crippen molar-refractivity contribution in [2.24, 2.45) is 0 Å². The number of carbonyl (C=O) groups excluding carboxylic acids is 2. The van der Waals surface area contributed by atoms with Gasteiger partial charge in [0.15, 0.2) is 11.5 Å². The van der Waals surface area contributed by atoms with Gasteiger partial charge in [-0.25, -0.2) is 0 Å². The Morgan fingerprint density at radius 3 is 2.48 bits per heavy atom. The molecule has 2 aliphatic rings. The molecule has 1 unspecified atom stereocenters. The first-order valence-corrected chi connectivity index (χ1v) is 9.78. The van der Waals surface area contributed by atoms with E-state index < -0.39 is 0 Å². The number of carbonyl (C=O) groups is 2. The van der Waals surface area contributed by atoms with E-state index in [0.29, 0.717) is 36.0 Å². The van der Waals surface area contributed by atoms with Crippen LogP contribution in [0.1, 0.15) is 36.0 Å². The van der Waals surface area contributed by atoms with Crippen LogP contribution in [0, 0.1) is 0 Å². The number of piperidine rings is 1. The Morgan fingerprint density at radius 2 is 1.86 bits per heavy atom. The summed E-state index contributed by atoms with van der Waals surface area (Å²) in [6, 6.07) is 3.27. The molecule has 0 bridgehead atoms. The Balaban J connectivity index is 0.00000300.